The molecule has 5 nitrogen and oxygen atoms in total. The SMILES string of the molecule is CCNC(=O)C(Cc1ccccc1)N(Cc1ccc(Br)cc1)C(=O)COc1ccc(CC)cc1Br. The molecule has 0 aromatic heterocycles. The molecular weight excluding hydrogens is 572 g/mol. The quantitative estimate of drug-likeness (QED) is 0.296. The maximum absolute atomic E-state index is 13.6. The molecule has 3 rings (SSSR count). The smallest absolute Gasteiger partial charge is 0.261 e. The molecule has 1 N–H and O–H groups in total. The first-order valence-electron chi connectivity index (χ1n) is 11.7. The van der Waals surface area contributed by atoms with Crippen molar-refractivity contribution >= 4 is 43.7 Å². The second-order valence-electron chi connectivity index (χ2n) is 8.16. The van der Waals surface area contributed by atoms with Crippen molar-refractivity contribution < 1.29 is 14.3 Å². The maximum atomic E-state index is 13.6. The number of hydrogen-bond acceptors (Lipinski definition) is 3. The predicted octanol–water partition coefficient (Wildman–Crippen LogP) is 5.93. The zero-order valence-electron chi connectivity index (χ0n) is 20.0. The van der Waals surface area contributed by atoms with Gasteiger partial charge in [0.25, 0.3) is 5.91 Å². The number of benzene rings is 3. The minimum Gasteiger partial charge on any atom is -0.483 e. The van der Waals surface area contributed by atoms with Crippen molar-refractivity contribution in [2.45, 2.75) is 39.3 Å². The molecule has 2 amide bonds. The average Bonchev–Trinajstić information content (AvgIpc) is 2.87. The molecule has 0 spiro atoms. The summed E-state index contributed by atoms with van der Waals surface area (Å²) < 4.78 is 7.65. The molecule has 3 aromatic carbocycles. The molecule has 0 radical (unpaired) electrons. The fraction of sp³-hybridized carbons (Fsp3) is 0.286. The lowest BCUT2D eigenvalue weighted by atomic mass is 10.0. The monoisotopic (exact) mass is 600 g/mol. The average molecular weight is 602 g/mol. The summed E-state index contributed by atoms with van der Waals surface area (Å²) in [7, 11) is 0. The van der Waals surface area contributed by atoms with Crippen LogP contribution in [0.4, 0.5) is 0 Å². The number of hydrogen-bond donors (Lipinski definition) is 1. The van der Waals surface area contributed by atoms with E-state index in [1.807, 2.05) is 79.7 Å². The van der Waals surface area contributed by atoms with E-state index in [9.17, 15) is 9.59 Å². The normalized spacial score (nSPS) is 11.5. The Morgan fingerprint density at radius 2 is 1.60 bits per heavy atom. The summed E-state index contributed by atoms with van der Waals surface area (Å²) in [5, 5.41) is 2.90. The number of nitrogens with zero attached hydrogens (tertiary/aromatic N) is 1. The highest BCUT2D eigenvalue weighted by Crippen LogP contribution is 2.26. The van der Waals surface area contributed by atoms with Crippen molar-refractivity contribution in [1.82, 2.24) is 10.2 Å². The Balaban J connectivity index is 1.88. The number of rotatable bonds is 11. The lowest BCUT2D eigenvalue weighted by Crippen LogP contribution is -2.51. The molecular formula is C28H30Br2N2O3. The molecule has 0 heterocycles. The lowest BCUT2D eigenvalue weighted by Gasteiger charge is -2.31. The van der Waals surface area contributed by atoms with Crippen LogP contribution in [0.25, 0.3) is 0 Å². The van der Waals surface area contributed by atoms with Gasteiger partial charge in [-0.25, -0.2) is 0 Å². The third-order valence-electron chi connectivity index (χ3n) is 5.64. The van der Waals surface area contributed by atoms with Crippen LogP contribution < -0.4 is 10.1 Å². The van der Waals surface area contributed by atoms with Gasteiger partial charge < -0.3 is 15.0 Å². The van der Waals surface area contributed by atoms with Crippen LogP contribution in [0.5, 0.6) is 5.75 Å². The summed E-state index contributed by atoms with van der Waals surface area (Å²) in [6, 6.07) is 22.7. The topological polar surface area (TPSA) is 58.6 Å². The zero-order chi connectivity index (χ0) is 25.2. The molecule has 0 bridgehead atoms. The molecule has 0 aliphatic rings. The molecule has 7 heteroatoms. The minimum atomic E-state index is -0.678. The van der Waals surface area contributed by atoms with Gasteiger partial charge in [-0.2, -0.15) is 0 Å². The van der Waals surface area contributed by atoms with Crippen LogP contribution in [0.1, 0.15) is 30.5 Å². The van der Waals surface area contributed by atoms with Gasteiger partial charge in [-0.3, -0.25) is 9.59 Å². The number of halogens is 2. The number of likely N-dealkylation sites (N-methyl/N-ethyl adjacent to an activating group) is 1. The highest BCUT2D eigenvalue weighted by molar-refractivity contribution is 9.10. The largest absolute Gasteiger partial charge is 0.483 e. The molecule has 0 saturated carbocycles. The molecule has 35 heavy (non-hydrogen) atoms. The number of carbonyl (C=O) groups excluding carboxylic acids is 2. The summed E-state index contributed by atoms with van der Waals surface area (Å²) in [5.74, 6) is 0.152. The number of nitrogens with one attached hydrogen (secondary N) is 1. The van der Waals surface area contributed by atoms with Gasteiger partial charge >= 0.3 is 0 Å². The van der Waals surface area contributed by atoms with Crippen molar-refractivity contribution in [3.63, 3.8) is 0 Å². The summed E-state index contributed by atoms with van der Waals surface area (Å²) >= 11 is 6.99. The Kier molecular flexibility index (Phi) is 10.4. The Bertz CT molecular complexity index is 1120. The van der Waals surface area contributed by atoms with E-state index in [1.165, 1.54) is 5.56 Å². The number of aryl methyl sites for hydroxylation is 1. The second-order valence-corrected chi connectivity index (χ2v) is 9.93. The van der Waals surface area contributed by atoms with Crippen molar-refractivity contribution in [3.05, 3.63) is 98.4 Å². The predicted molar refractivity (Wildman–Crippen MR) is 146 cm³/mol. The summed E-state index contributed by atoms with van der Waals surface area (Å²) in [4.78, 5) is 28.4. The number of carbonyl (C=O) groups is 2. The highest BCUT2D eigenvalue weighted by Gasteiger charge is 2.30. The van der Waals surface area contributed by atoms with Gasteiger partial charge in [-0.1, -0.05) is 71.4 Å². The van der Waals surface area contributed by atoms with Crippen molar-refractivity contribution in [2.75, 3.05) is 13.2 Å². The lowest BCUT2D eigenvalue weighted by molar-refractivity contribution is -0.142. The molecule has 0 fully saturated rings. The molecule has 1 atom stereocenters. The minimum absolute atomic E-state index is 0.175. The van der Waals surface area contributed by atoms with E-state index in [1.54, 1.807) is 4.90 Å². The van der Waals surface area contributed by atoms with Crippen molar-refractivity contribution in [1.29, 1.82) is 0 Å². The van der Waals surface area contributed by atoms with Crippen LogP contribution >= 0.6 is 31.9 Å². The molecule has 0 aliphatic heterocycles. The van der Waals surface area contributed by atoms with Gasteiger partial charge in [0.15, 0.2) is 6.61 Å². The molecule has 184 valence electrons. The number of amides is 2. The van der Waals surface area contributed by atoms with E-state index < -0.39 is 6.04 Å². The first kappa shape index (κ1) is 27.0. The zero-order valence-corrected chi connectivity index (χ0v) is 23.1. The van der Waals surface area contributed by atoms with Gasteiger partial charge in [0.05, 0.1) is 4.47 Å². The Morgan fingerprint density at radius 1 is 0.914 bits per heavy atom. The van der Waals surface area contributed by atoms with E-state index >= 15 is 0 Å². The molecule has 0 saturated heterocycles. The first-order chi connectivity index (χ1) is 16.9. The van der Waals surface area contributed by atoms with E-state index in [0.717, 1.165) is 26.5 Å². The fourth-order valence-corrected chi connectivity index (χ4v) is 4.54. The van der Waals surface area contributed by atoms with Gasteiger partial charge in [0.2, 0.25) is 5.91 Å². The van der Waals surface area contributed by atoms with E-state index in [4.69, 9.17) is 4.74 Å². The Hall–Kier alpha value is -2.64. The van der Waals surface area contributed by atoms with E-state index in [-0.39, 0.29) is 18.4 Å². The third-order valence-corrected chi connectivity index (χ3v) is 6.79. The van der Waals surface area contributed by atoms with E-state index in [0.29, 0.717) is 25.3 Å². The number of ether oxygens (including phenoxy) is 1. The van der Waals surface area contributed by atoms with Gasteiger partial charge in [-0.15, -0.1) is 0 Å². The summed E-state index contributed by atoms with van der Waals surface area (Å²) in [6.07, 6.45) is 1.32. The molecule has 1 unspecified atom stereocenters. The summed E-state index contributed by atoms with van der Waals surface area (Å²) in [6.45, 7) is 4.56. The maximum Gasteiger partial charge on any atom is 0.261 e. The van der Waals surface area contributed by atoms with Crippen LogP contribution in [0.2, 0.25) is 0 Å². The molecule has 0 aliphatic carbocycles. The standard InChI is InChI=1S/C28H30Br2N2O3/c1-3-20-12-15-26(24(30)16-20)35-19-27(33)32(18-22-10-13-23(29)14-11-22)25(28(34)31-4-2)17-21-8-6-5-7-9-21/h5-16,25H,3-4,17-19H2,1-2H3,(H,31,34). The fourth-order valence-electron chi connectivity index (χ4n) is 3.74. The Morgan fingerprint density at radius 3 is 2.23 bits per heavy atom. The Labute approximate surface area is 224 Å². The highest BCUT2D eigenvalue weighted by atomic mass is 79.9. The first-order valence-corrected chi connectivity index (χ1v) is 13.3. The van der Waals surface area contributed by atoms with Crippen LogP contribution in [-0.4, -0.2) is 35.9 Å². The second kappa shape index (κ2) is 13.4. The van der Waals surface area contributed by atoms with Gasteiger partial charge in [0, 0.05) is 24.0 Å². The van der Waals surface area contributed by atoms with Crippen LogP contribution in [0.3, 0.4) is 0 Å². The van der Waals surface area contributed by atoms with Gasteiger partial charge in [0.1, 0.15) is 11.8 Å². The van der Waals surface area contributed by atoms with Crippen LogP contribution in [0, 0.1) is 0 Å². The molecule has 3 aromatic rings. The third kappa shape index (κ3) is 7.94. The van der Waals surface area contributed by atoms with Gasteiger partial charge in [-0.05, 0) is 70.2 Å². The van der Waals surface area contributed by atoms with Crippen molar-refractivity contribution in [2.24, 2.45) is 0 Å². The van der Waals surface area contributed by atoms with Crippen LogP contribution in [0.15, 0.2) is 81.7 Å². The van der Waals surface area contributed by atoms with Crippen LogP contribution in [-0.2, 0) is 29.0 Å². The summed E-state index contributed by atoms with van der Waals surface area (Å²) in [5.41, 5.74) is 3.08. The van der Waals surface area contributed by atoms with Crippen molar-refractivity contribution in [3.8, 4) is 5.75 Å². The van der Waals surface area contributed by atoms with E-state index in [2.05, 4.69) is 44.1 Å².